The Bertz CT molecular complexity index is 207. The second kappa shape index (κ2) is 4.17. The zero-order valence-corrected chi connectivity index (χ0v) is 8.95. The first-order valence-electron chi connectivity index (χ1n) is 4.98. The first-order valence-corrected chi connectivity index (χ1v) is 4.98. The summed E-state index contributed by atoms with van der Waals surface area (Å²) < 4.78 is 9.71. The fourth-order valence-corrected chi connectivity index (χ4v) is 1.75. The van der Waals surface area contributed by atoms with Crippen LogP contribution in [0, 0.1) is 5.92 Å². The summed E-state index contributed by atoms with van der Waals surface area (Å²) in [5, 5.41) is 9.66. The SMILES string of the molecule is CCC(CC(C)(C)O)C1COC(=O)O1. The Hall–Kier alpha value is -0.770. The summed E-state index contributed by atoms with van der Waals surface area (Å²) in [5.41, 5.74) is -0.727. The molecule has 0 saturated carbocycles. The number of hydrogen-bond donors (Lipinski definition) is 1. The van der Waals surface area contributed by atoms with Gasteiger partial charge < -0.3 is 14.6 Å². The van der Waals surface area contributed by atoms with Crippen molar-refractivity contribution in [2.24, 2.45) is 5.92 Å². The summed E-state index contributed by atoms with van der Waals surface area (Å²) in [6, 6.07) is 0. The van der Waals surface area contributed by atoms with Crippen LogP contribution < -0.4 is 0 Å². The molecule has 2 atom stereocenters. The summed E-state index contributed by atoms with van der Waals surface area (Å²) in [7, 11) is 0. The quantitative estimate of drug-likeness (QED) is 0.705. The Labute approximate surface area is 84.2 Å². The van der Waals surface area contributed by atoms with Crippen LogP contribution in [0.15, 0.2) is 0 Å². The molecule has 1 rings (SSSR count). The highest BCUT2D eigenvalue weighted by Crippen LogP contribution is 2.26. The van der Waals surface area contributed by atoms with Crippen LogP contribution in [0.2, 0.25) is 0 Å². The van der Waals surface area contributed by atoms with E-state index in [1.807, 2.05) is 6.92 Å². The van der Waals surface area contributed by atoms with Gasteiger partial charge in [0.2, 0.25) is 0 Å². The fraction of sp³-hybridized carbons (Fsp3) is 0.900. The molecule has 1 heterocycles. The van der Waals surface area contributed by atoms with Crippen LogP contribution in [0.3, 0.4) is 0 Å². The van der Waals surface area contributed by atoms with E-state index in [2.05, 4.69) is 0 Å². The lowest BCUT2D eigenvalue weighted by Crippen LogP contribution is -2.31. The van der Waals surface area contributed by atoms with E-state index >= 15 is 0 Å². The first-order chi connectivity index (χ1) is 6.42. The molecule has 0 spiro atoms. The standard InChI is InChI=1S/C10H18O4/c1-4-7(5-10(2,3)12)8-6-13-9(11)14-8/h7-8,12H,4-6H2,1-3H3. The molecule has 0 bridgehead atoms. The van der Waals surface area contributed by atoms with E-state index in [1.165, 1.54) is 0 Å². The average Bonchev–Trinajstić information content (AvgIpc) is 2.46. The lowest BCUT2D eigenvalue weighted by atomic mass is 9.88. The van der Waals surface area contributed by atoms with Gasteiger partial charge in [0.05, 0.1) is 5.60 Å². The molecule has 0 amide bonds. The van der Waals surface area contributed by atoms with Crippen molar-refractivity contribution < 1.29 is 19.4 Å². The topological polar surface area (TPSA) is 55.8 Å². The van der Waals surface area contributed by atoms with Gasteiger partial charge in [-0.15, -0.1) is 0 Å². The Morgan fingerprint density at radius 2 is 2.29 bits per heavy atom. The first kappa shape index (κ1) is 11.3. The minimum atomic E-state index is -0.727. The number of rotatable bonds is 4. The summed E-state index contributed by atoms with van der Waals surface area (Å²) in [5.74, 6) is 0.168. The highest BCUT2D eigenvalue weighted by molar-refractivity contribution is 5.61. The fourth-order valence-electron chi connectivity index (χ4n) is 1.75. The van der Waals surface area contributed by atoms with Crippen molar-refractivity contribution in [3.63, 3.8) is 0 Å². The molecule has 1 fully saturated rings. The van der Waals surface area contributed by atoms with E-state index in [9.17, 15) is 9.90 Å². The van der Waals surface area contributed by atoms with Gasteiger partial charge in [-0.3, -0.25) is 0 Å². The third-order valence-corrected chi connectivity index (χ3v) is 2.42. The van der Waals surface area contributed by atoms with Crippen LogP contribution in [0.5, 0.6) is 0 Å². The summed E-state index contributed by atoms with van der Waals surface area (Å²) in [4.78, 5) is 10.7. The zero-order chi connectivity index (χ0) is 10.8. The summed E-state index contributed by atoms with van der Waals surface area (Å²) in [6.45, 7) is 5.84. The van der Waals surface area contributed by atoms with Crippen LogP contribution >= 0.6 is 0 Å². The average molecular weight is 202 g/mol. The molecule has 4 nitrogen and oxygen atoms in total. The predicted molar refractivity (Wildman–Crippen MR) is 50.9 cm³/mol. The molecule has 1 N–H and O–H groups in total. The molecule has 4 heteroatoms. The third-order valence-electron chi connectivity index (χ3n) is 2.42. The van der Waals surface area contributed by atoms with Gasteiger partial charge in [0.25, 0.3) is 0 Å². The molecule has 2 unspecified atom stereocenters. The van der Waals surface area contributed by atoms with Crippen LogP contribution in [0.25, 0.3) is 0 Å². The molecular weight excluding hydrogens is 184 g/mol. The number of hydrogen-bond acceptors (Lipinski definition) is 4. The number of carbonyl (C=O) groups is 1. The lowest BCUT2D eigenvalue weighted by Gasteiger charge is -2.26. The van der Waals surface area contributed by atoms with Crippen molar-refractivity contribution in [3.05, 3.63) is 0 Å². The van der Waals surface area contributed by atoms with Crippen LogP contribution in [0.1, 0.15) is 33.6 Å². The van der Waals surface area contributed by atoms with Crippen LogP contribution in [0.4, 0.5) is 4.79 Å². The molecule has 1 aliphatic rings. The van der Waals surface area contributed by atoms with E-state index in [0.29, 0.717) is 13.0 Å². The van der Waals surface area contributed by atoms with Crippen molar-refractivity contribution in [1.82, 2.24) is 0 Å². The van der Waals surface area contributed by atoms with Crippen molar-refractivity contribution in [2.45, 2.75) is 45.3 Å². The number of carbonyl (C=O) groups excluding carboxylic acids is 1. The monoisotopic (exact) mass is 202 g/mol. The molecule has 0 aliphatic carbocycles. The van der Waals surface area contributed by atoms with Crippen molar-refractivity contribution >= 4 is 6.16 Å². The van der Waals surface area contributed by atoms with E-state index in [-0.39, 0.29) is 12.0 Å². The molecule has 0 aromatic heterocycles. The Kier molecular flexibility index (Phi) is 3.37. The molecule has 1 saturated heterocycles. The van der Waals surface area contributed by atoms with E-state index in [1.54, 1.807) is 13.8 Å². The van der Waals surface area contributed by atoms with Crippen LogP contribution in [-0.2, 0) is 9.47 Å². The number of aliphatic hydroxyl groups is 1. The van der Waals surface area contributed by atoms with Crippen molar-refractivity contribution in [2.75, 3.05) is 6.61 Å². The minimum Gasteiger partial charge on any atom is -0.430 e. The van der Waals surface area contributed by atoms with Crippen molar-refractivity contribution in [1.29, 1.82) is 0 Å². The van der Waals surface area contributed by atoms with Gasteiger partial charge in [0.1, 0.15) is 12.7 Å². The summed E-state index contributed by atoms with van der Waals surface area (Å²) >= 11 is 0. The van der Waals surface area contributed by atoms with Gasteiger partial charge in [-0.2, -0.15) is 0 Å². The Balaban J connectivity index is 2.50. The van der Waals surface area contributed by atoms with Gasteiger partial charge in [0.15, 0.2) is 0 Å². The molecular formula is C10H18O4. The highest BCUT2D eigenvalue weighted by atomic mass is 16.8. The maximum Gasteiger partial charge on any atom is 0.508 e. The molecule has 82 valence electrons. The van der Waals surface area contributed by atoms with E-state index in [4.69, 9.17) is 9.47 Å². The van der Waals surface area contributed by atoms with Gasteiger partial charge >= 0.3 is 6.16 Å². The molecule has 0 radical (unpaired) electrons. The molecule has 0 aromatic rings. The van der Waals surface area contributed by atoms with Gasteiger partial charge in [-0.05, 0) is 26.7 Å². The Morgan fingerprint density at radius 1 is 1.64 bits per heavy atom. The van der Waals surface area contributed by atoms with Crippen molar-refractivity contribution in [3.8, 4) is 0 Å². The number of cyclic esters (lactones) is 2. The second-order valence-electron chi connectivity index (χ2n) is 4.40. The normalized spacial score (nSPS) is 24.3. The maximum absolute atomic E-state index is 10.7. The minimum absolute atomic E-state index is 0.168. The van der Waals surface area contributed by atoms with E-state index < -0.39 is 11.8 Å². The maximum atomic E-state index is 10.7. The smallest absolute Gasteiger partial charge is 0.430 e. The lowest BCUT2D eigenvalue weighted by molar-refractivity contribution is 0.0188. The predicted octanol–water partition coefficient (Wildman–Crippen LogP) is 1.71. The van der Waals surface area contributed by atoms with Crippen LogP contribution in [-0.4, -0.2) is 29.6 Å². The molecule has 1 aliphatic heterocycles. The van der Waals surface area contributed by atoms with Gasteiger partial charge in [-0.1, -0.05) is 6.92 Å². The highest BCUT2D eigenvalue weighted by Gasteiger charge is 2.34. The van der Waals surface area contributed by atoms with Gasteiger partial charge in [-0.25, -0.2) is 4.79 Å². The largest absolute Gasteiger partial charge is 0.508 e. The molecule has 0 aromatic carbocycles. The third kappa shape index (κ3) is 3.18. The summed E-state index contributed by atoms with van der Waals surface area (Å²) in [6.07, 6.45) is 0.693. The zero-order valence-electron chi connectivity index (χ0n) is 8.95. The van der Waals surface area contributed by atoms with E-state index in [0.717, 1.165) is 6.42 Å². The number of ether oxygens (including phenoxy) is 2. The Morgan fingerprint density at radius 3 is 2.64 bits per heavy atom. The second-order valence-corrected chi connectivity index (χ2v) is 4.40. The molecule has 14 heavy (non-hydrogen) atoms. The van der Waals surface area contributed by atoms with Gasteiger partial charge in [0, 0.05) is 5.92 Å².